The van der Waals surface area contributed by atoms with Crippen molar-refractivity contribution >= 4 is 38.0 Å². The molecule has 3 aromatic rings. The molecule has 0 radical (unpaired) electrons. The number of fused-ring (bicyclic) bond motifs is 1. The van der Waals surface area contributed by atoms with Crippen LogP contribution in [0.3, 0.4) is 0 Å². The highest BCUT2D eigenvalue weighted by Gasteiger charge is 2.31. The lowest BCUT2D eigenvalue weighted by molar-refractivity contribution is -0.139. The summed E-state index contributed by atoms with van der Waals surface area (Å²) in [6.07, 6.45) is -1.28. The zero-order valence-electron chi connectivity index (χ0n) is 23.3. The molecule has 2 unspecified atom stereocenters. The van der Waals surface area contributed by atoms with Crippen LogP contribution in [-0.2, 0) is 21.2 Å². The van der Waals surface area contributed by atoms with Gasteiger partial charge in [0, 0.05) is 35.9 Å². The summed E-state index contributed by atoms with van der Waals surface area (Å²) in [7, 11) is 0.0285. The molecule has 41 heavy (non-hydrogen) atoms. The van der Waals surface area contributed by atoms with E-state index in [4.69, 9.17) is 4.74 Å². The third-order valence-corrected chi connectivity index (χ3v) is 8.25. The fourth-order valence-electron chi connectivity index (χ4n) is 5.11. The van der Waals surface area contributed by atoms with Crippen molar-refractivity contribution in [1.29, 1.82) is 0 Å². The van der Waals surface area contributed by atoms with Gasteiger partial charge in [-0.25, -0.2) is 8.42 Å². The molecule has 2 aromatic carbocycles. The zero-order valence-corrected chi connectivity index (χ0v) is 24.1. The van der Waals surface area contributed by atoms with Crippen LogP contribution in [-0.4, -0.2) is 70.0 Å². The SMILES string of the molecule is COc1ccc(S(C)(=O)=O)cc1NCC#Cc1cc(NC(=O)C2CCN(C)CC2C)c2ccn(CC(F)(F)F)c2c1. The van der Waals surface area contributed by atoms with Crippen molar-refractivity contribution in [3.05, 3.63) is 48.2 Å². The molecule has 0 saturated carbocycles. The first kappa shape index (κ1) is 30.3. The number of hydrogen-bond donors (Lipinski definition) is 2. The maximum absolute atomic E-state index is 13.3. The maximum Gasteiger partial charge on any atom is 0.406 e. The molecular formula is C29H33F3N4O4S. The molecule has 2 N–H and O–H groups in total. The fourth-order valence-corrected chi connectivity index (χ4v) is 5.76. The Balaban J connectivity index is 1.62. The molecule has 1 saturated heterocycles. The number of aromatic nitrogens is 1. The number of hydrogen-bond acceptors (Lipinski definition) is 6. The number of carbonyl (C=O) groups is 1. The first-order valence-electron chi connectivity index (χ1n) is 13.0. The van der Waals surface area contributed by atoms with Gasteiger partial charge in [-0.3, -0.25) is 4.79 Å². The van der Waals surface area contributed by atoms with E-state index in [-0.39, 0.29) is 29.2 Å². The van der Waals surface area contributed by atoms with Crippen LogP contribution in [0, 0.1) is 23.7 Å². The predicted molar refractivity (Wildman–Crippen MR) is 153 cm³/mol. The van der Waals surface area contributed by atoms with Crippen LogP contribution >= 0.6 is 0 Å². The second-order valence-electron chi connectivity index (χ2n) is 10.4. The van der Waals surface area contributed by atoms with E-state index in [1.807, 2.05) is 14.0 Å². The summed E-state index contributed by atoms with van der Waals surface area (Å²) in [4.78, 5) is 15.5. The average molecular weight is 591 g/mol. The molecule has 0 spiro atoms. The molecule has 1 aliphatic heterocycles. The van der Waals surface area contributed by atoms with E-state index in [0.29, 0.717) is 40.0 Å². The highest BCUT2D eigenvalue weighted by atomic mass is 32.2. The third kappa shape index (κ3) is 7.54. The van der Waals surface area contributed by atoms with Gasteiger partial charge in [0.15, 0.2) is 9.84 Å². The van der Waals surface area contributed by atoms with Gasteiger partial charge in [-0.1, -0.05) is 18.8 Å². The summed E-state index contributed by atoms with van der Waals surface area (Å²) in [6, 6.07) is 9.22. The van der Waals surface area contributed by atoms with Gasteiger partial charge in [-0.05, 0) is 62.3 Å². The Hall–Kier alpha value is -3.69. The second-order valence-corrected chi connectivity index (χ2v) is 12.4. The standard InChI is InChI=1S/C29H33F3N4O4S/c1-19-17-35(2)12-9-22(19)28(37)34-24-14-20(15-26-23(24)10-13-36(26)18-29(30,31)32)6-5-11-33-25-16-21(41(4,38)39)7-8-27(25)40-3/h7-8,10,13-16,19,22,33H,9,11-12,17-18H2,1-4H3,(H,34,37). The van der Waals surface area contributed by atoms with Gasteiger partial charge in [-0.15, -0.1) is 0 Å². The van der Waals surface area contributed by atoms with Crippen LogP contribution in [0.5, 0.6) is 5.75 Å². The van der Waals surface area contributed by atoms with Crippen molar-refractivity contribution in [3.63, 3.8) is 0 Å². The van der Waals surface area contributed by atoms with Crippen LogP contribution in [0.2, 0.25) is 0 Å². The number of alkyl halides is 3. The molecule has 220 valence electrons. The molecule has 4 rings (SSSR count). The number of rotatable bonds is 7. The van der Waals surface area contributed by atoms with Crippen LogP contribution < -0.4 is 15.4 Å². The van der Waals surface area contributed by atoms with Crippen molar-refractivity contribution < 1.29 is 31.1 Å². The van der Waals surface area contributed by atoms with Crippen molar-refractivity contribution in [2.45, 2.75) is 31.0 Å². The molecule has 8 nitrogen and oxygen atoms in total. The van der Waals surface area contributed by atoms with Gasteiger partial charge >= 0.3 is 6.18 Å². The Bertz CT molecular complexity index is 1610. The topological polar surface area (TPSA) is 92.7 Å². The number of amides is 1. The quantitative estimate of drug-likeness (QED) is 0.391. The largest absolute Gasteiger partial charge is 0.495 e. The van der Waals surface area contributed by atoms with E-state index in [1.54, 1.807) is 18.2 Å². The molecule has 0 bridgehead atoms. The highest BCUT2D eigenvalue weighted by molar-refractivity contribution is 7.90. The van der Waals surface area contributed by atoms with E-state index in [0.717, 1.165) is 23.9 Å². The molecule has 12 heteroatoms. The lowest BCUT2D eigenvalue weighted by Crippen LogP contribution is -2.41. The smallest absolute Gasteiger partial charge is 0.406 e. The number of halogens is 3. The summed E-state index contributed by atoms with van der Waals surface area (Å²) in [5.74, 6) is 6.06. The summed E-state index contributed by atoms with van der Waals surface area (Å²) in [5, 5.41) is 6.48. The molecule has 1 aliphatic rings. The van der Waals surface area contributed by atoms with Crippen molar-refractivity contribution in [2.24, 2.45) is 11.8 Å². The molecule has 2 heterocycles. The number of carbonyl (C=O) groups excluding carboxylic acids is 1. The molecule has 0 aliphatic carbocycles. The summed E-state index contributed by atoms with van der Waals surface area (Å²) >= 11 is 0. The molecule has 1 amide bonds. The van der Waals surface area contributed by atoms with Gasteiger partial charge in [0.05, 0.1) is 35.4 Å². The predicted octanol–water partition coefficient (Wildman–Crippen LogP) is 4.61. The van der Waals surface area contributed by atoms with E-state index in [1.165, 1.54) is 31.5 Å². The Kier molecular flexibility index (Phi) is 8.89. The first-order valence-corrected chi connectivity index (χ1v) is 14.9. The number of methoxy groups -OCH3 is 1. The van der Waals surface area contributed by atoms with E-state index < -0.39 is 22.6 Å². The average Bonchev–Trinajstić information content (AvgIpc) is 3.27. The van der Waals surface area contributed by atoms with Gasteiger partial charge in [-0.2, -0.15) is 13.2 Å². The monoisotopic (exact) mass is 590 g/mol. The van der Waals surface area contributed by atoms with Crippen molar-refractivity contribution in [1.82, 2.24) is 9.47 Å². The van der Waals surface area contributed by atoms with Gasteiger partial charge in [0.25, 0.3) is 0 Å². The van der Waals surface area contributed by atoms with Crippen LogP contribution in [0.15, 0.2) is 47.5 Å². The van der Waals surface area contributed by atoms with Crippen molar-refractivity contribution in [3.8, 4) is 17.6 Å². The fraction of sp³-hybridized carbons (Fsp3) is 0.414. The number of ether oxygens (including phenoxy) is 1. The molecular weight excluding hydrogens is 557 g/mol. The van der Waals surface area contributed by atoms with E-state index in [2.05, 4.69) is 27.4 Å². The van der Waals surface area contributed by atoms with E-state index in [9.17, 15) is 26.4 Å². The zero-order chi connectivity index (χ0) is 29.9. The Morgan fingerprint density at radius 1 is 1.17 bits per heavy atom. The number of piperidine rings is 1. The van der Waals surface area contributed by atoms with Crippen LogP contribution in [0.25, 0.3) is 10.9 Å². The minimum absolute atomic E-state index is 0.0972. The van der Waals surface area contributed by atoms with Gasteiger partial charge in [0.2, 0.25) is 5.91 Å². The minimum atomic E-state index is -4.43. The summed E-state index contributed by atoms with van der Waals surface area (Å²) < 4.78 is 70.1. The number of sulfone groups is 1. The van der Waals surface area contributed by atoms with Crippen LogP contribution in [0.1, 0.15) is 18.9 Å². The minimum Gasteiger partial charge on any atom is -0.495 e. The number of nitrogens with zero attached hydrogens (tertiary/aromatic N) is 2. The second kappa shape index (κ2) is 12.0. The number of benzene rings is 2. The summed E-state index contributed by atoms with van der Waals surface area (Å²) in [5.41, 5.74) is 1.56. The van der Waals surface area contributed by atoms with Gasteiger partial charge in [0.1, 0.15) is 12.3 Å². The van der Waals surface area contributed by atoms with Gasteiger partial charge < -0.3 is 24.8 Å². The van der Waals surface area contributed by atoms with E-state index >= 15 is 0 Å². The highest BCUT2D eigenvalue weighted by Crippen LogP contribution is 2.31. The molecule has 2 atom stereocenters. The molecule has 1 aromatic heterocycles. The van der Waals surface area contributed by atoms with Crippen LogP contribution in [0.4, 0.5) is 24.5 Å². The first-order chi connectivity index (χ1) is 19.2. The number of likely N-dealkylation sites (tertiary alicyclic amines) is 1. The summed E-state index contributed by atoms with van der Waals surface area (Å²) in [6.45, 7) is 2.51. The normalized spacial score (nSPS) is 18.0. The lowest BCUT2D eigenvalue weighted by atomic mass is 9.86. The number of anilines is 2. The number of nitrogens with one attached hydrogen (secondary N) is 2. The maximum atomic E-state index is 13.3. The lowest BCUT2D eigenvalue weighted by Gasteiger charge is -2.33. The van der Waals surface area contributed by atoms with Crippen molar-refractivity contribution in [2.75, 3.05) is 50.7 Å². The Labute approximate surface area is 237 Å². The molecule has 1 fully saturated rings. The third-order valence-electron chi connectivity index (χ3n) is 7.14. The Morgan fingerprint density at radius 3 is 2.59 bits per heavy atom. The Morgan fingerprint density at radius 2 is 1.93 bits per heavy atom.